The van der Waals surface area contributed by atoms with Crippen molar-refractivity contribution in [3.05, 3.63) is 171 Å². The van der Waals surface area contributed by atoms with E-state index in [9.17, 15) is 1.37 Å². The minimum absolute atomic E-state index is 0. The van der Waals surface area contributed by atoms with E-state index in [0.717, 1.165) is 48.1 Å². The second-order valence-electron chi connectivity index (χ2n) is 22.1. The molecule has 10 rings (SSSR count). The molecule has 69 heavy (non-hydrogen) atoms. The van der Waals surface area contributed by atoms with Crippen LogP contribution in [0.5, 0.6) is 0 Å². The van der Waals surface area contributed by atoms with Crippen LogP contribution in [0, 0.1) is 45.0 Å². The maximum Gasteiger partial charge on any atom is 0.216 e. The van der Waals surface area contributed by atoms with Gasteiger partial charge in [0.25, 0.3) is 0 Å². The fraction of sp³-hybridized carbons (Fsp3) is 0.391. The van der Waals surface area contributed by atoms with Crippen molar-refractivity contribution in [2.45, 2.75) is 157 Å². The molecule has 2 aliphatic carbocycles. The van der Waals surface area contributed by atoms with Crippen LogP contribution in [-0.2, 0) is 42.8 Å². The first-order valence-electron chi connectivity index (χ1n) is 30.8. The minimum Gasteiger partial charge on any atom is -0.486 e. The quantitative estimate of drug-likeness (QED) is 0.156. The second kappa shape index (κ2) is 19.2. The molecule has 1 fully saturated rings. The molecular weight excluding hydrogens is 1020 g/mol. The number of benzene rings is 4. The predicted molar refractivity (Wildman–Crippen MR) is 285 cm³/mol. The summed E-state index contributed by atoms with van der Waals surface area (Å²) in [4.78, 5) is 13.2. The van der Waals surface area contributed by atoms with Crippen LogP contribution in [0.3, 0.4) is 0 Å². The fourth-order valence-corrected chi connectivity index (χ4v) is 9.86. The summed E-state index contributed by atoms with van der Waals surface area (Å²) in [5, 5.41) is 1.22. The van der Waals surface area contributed by atoms with Crippen molar-refractivity contribution in [3.8, 4) is 33.6 Å². The largest absolute Gasteiger partial charge is 0.486 e. The molecule has 0 amide bonds. The molecule has 4 aromatic heterocycles. The van der Waals surface area contributed by atoms with Crippen molar-refractivity contribution in [1.82, 2.24) is 15.0 Å². The number of furan rings is 1. The standard InChI is InChI=1S/C34H35N2O.C30H36N.Ir/c1-21-17-26(24-13-15-34(4,5)16-14-24)11-10-25(21)18-27-19-31(35-20-22(27)2)30-8-6-7-28-29-12-9-23(3)36-33(29)37-32(28)30;1-20-9-10-22(27-19-23(13-16-31-27)28(2,3)4)17-24(20)21-11-12-25-26(18-21)30(7,8)15-14-29(25,5)6;/h6-7,9-12,17,19-20,24H,13-16,18H2,1-5H3;9,11-13,16-19H,14-15H2,1-8H3;/q2*-1;/i1D3,2D3,3D3,10D,24D;1D3;. The van der Waals surface area contributed by atoms with Gasteiger partial charge in [-0.3, -0.25) is 0 Å². The third-order valence-electron chi connectivity index (χ3n) is 14.6. The Balaban J connectivity index is 0.000000227. The number of hydrogen-bond donors (Lipinski definition) is 0. The smallest absolute Gasteiger partial charge is 0.216 e. The molecule has 0 bridgehead atoms. The van der Waals surface area contributed by atoms with Gasteiger partial charge >= 0.3 is 0 Å². The number of rotatable bonds is 6. The molecule has 5 heteroatoms. The first-order valence-corrected chi connectivity index (χ1v) is 23.8. The Morgan fingerprint density at radius 1 is 0.739 bits per heavy atom. The van der Waals surface area contributed by atoms with E-state index in [1.807, 2.05) is 18.3 Å². The van der Waals surface area contributed by atoms with E-state index >= 15 is 0 Å². The molecule has 4 aromatic carbocycles. The third-order valence-corrected chi connectivity index (χ3v) is 14.6. The van der Waals surface area contributed by atoms with Gasteiger partial charge in [-0.25, -0.2) is 4.98 Å². The number of hydrogen-bond acceptors (Lipinski definition) is 4. The molecular formula is C64H71IrN3O-2. The summed E-state index contributed by atoms with van der Waals surface area (Å²) in [7, 11) is 0. The average molecular weight is 1100 g/mol. The number of nitrogens with zero attached hydrogens (tertiary/aromatic N) is 3. The summed E-state index contributed by atoms with van der Waals surface area (Å²) in [5.74, 6) is -1.02. The molecule has 0 atom stereocenters. The Kier molecular flexibility index (Phi) is 9.72. The Morgan fingerprint density at radius 2 is 1.51 bits per heavy atom. The summed E-state index contributed by atoms with van der Waals surface area (Å²) in [5.41, 5.74) is 9.52. The van der Waals surface area contributed by atoms with E-state index in [2.05, 4.69) is 114 Å². The molecule has 0 saturated heterocycles. The Bertz CT molecular complexity index is 3740. The van der Waals surface area contributed by atoms with Gasteiger partial charge in [0, 0.05) is 61.4 Å². The van der Waals surface area contributed by atoms with Crippen LogP contribution in [0.25, 0.3) is 55.7 Å². The predicted octanol–water partition coefficient (Wildman–Crippen LogP) is 17.2. The van der Waals surface area contributed by atoms with Crippen molar-refractivity contribution < 1.29 is 43.7 Å². The Morgan fingerprint density at radius 3 is 2.25 bits per heavy atom. The van der Waals surface area contributed by atoms with Gasteiger partial charge in [-0.05, 0) is 173 Å². The van der Waals surface area contributed by atoms with Crippen molar-refractivity contribution >= 4 is 22.1 Å². The number of aromatic nitrogens is 3. The molecule has 0 spiro atoms. The van der Waals surface area contributed by atoms with E-state index < -0.39 is 33.3 Å². The zero-order valence-electron chi connectivity index (χ0n) is 55.3. The summed E-state index contributed by atoms with van der Waals surface area (Å²) < 4.78 is 122. The molecule has 1 saturated carbocycles. The van der Waals surface area contributed by atoms with Gasteiger partial charge in [-0.1, -0.05) is 134 Å². The molecule has 359 valence electrons. The zero-order valence-corrected chi connectivity index (χ0v) is 43.7. The van der Waals surface area contributed by atoms with Gasteiger partial charge in [0.05, 0.1) is 6.95 Å². The van der Waals surface area contributed by atoms with Crippen molar-refractivity contribution in [1.29, 1.82) is 0 Å². The van der Waals surface area contributed by atoms with Crippen LogP contribution in [0.4, 0.5) is 0 Å². The first kappa shape index (κ1) is 35.0. The van der Waals surface area contributed by atoms with Crippen LogP contribution in [0.15, 0.2) is 108 Å². The van der Waals surface area contributed by atoms with E-state index in [1.165, 1.54) is 35.0 Å². The zero-order chi connectivity index (χ0) is 60.1. The Hall–Kier alpha value is -5.22. The first-order chi connectivity index (χ1) is 37.8. The summed E-state index contributed by atoms with van der Waals surface area (Å²) in [6.07, 6.45) is 7.85. The SMILES string of the molecule is [2H]C([2H])([2H])c1c[c-]c(-c2cc(C(C)(C)C)ccn2)cc1-c1ccc2c(c1)C(C)(C)CCC2(C)C.[2H]c1cc(C2([2H])CCC(C)(C)CC2)cc(C([2H])([2H])[2H])c1Cc1cc(-c2[c-]ccc3c2oc2nc(C([2H])([2H])[2H])ccc23)ncc1C([2H])([2H])[2H].[Ir]. The van der Waals surface area contributed by atoms with Crippen molar-refractivity contribution in [2.75, 3.05) is 0 Å². The monoisotopic (exact) mass is 1100 g/mol. The van der Waals surface area contributed by atoms with Gasteiger partial charge < -0.3 is 14.4 Å². The molecule has 4 heterocycles. The summed E-state index contributed by atoms with van der Waals surface area (Å²) >= 11 is 0. The third kappa shape index (κ3) is 10.5. The Labute approximate surface area is 446 Å². The van der Waals surface area contributed by atoms with Crippen molar-refractivity contribution in [2.24, 2.45) is 5.41 Å². The minimum atomic E-state index is -2.62. The van der Waals surface area contributed by atoms with Crippen LogP contribution in [0.2, 0.25) is 0 Å². The van der Waals surface area contributed by atoms with Crippen molar-refractivity contribution in [3.63, 3.8) is 0 Å². The van der Waals surface area contributed by atoms with Gasteiger partial charge in [-0.2, -0.15) is 0 Å². The fourth-order valence-electron chi connectivity index (χ4n) is 9.86. The van der Waals surface area contributed by atoms with Gasteiger partial charge in [-0.15, -0.1) is 47.5 Å². The van der Waals surface area contributed by atoms with Crippen LogP contribution in [-0.4, -0.2) is 15.0 Å². The van der Waals surface area contributed by atoms with E-state index in [-0.39, 0.29) is 87.9 Å². The van der Waals surface area contributed by atoms with Gasteiger partial charge in [0.1, 0.15) is 0 Å². The number of fused-ring (bicyclic) bond motifs is 4. The maximum atomic E-state index is 9.22. The van der Waals surface area contributed by atoms with Gasteiger partial charge in [0.15, 0.2) is 0 Å². The topological polar surface area (TPSA) is 51.8 Å². The average Bonchev–Trinajstić information content (AvgIpc) is 4.04. The number of aryl methyl sites for hydroxylation is 4. The number of pyridine rings is 3. The molecule has 0 unspecified atom stereocenters. The molecule has 0 aliphatic heterocycles. The van der Waals surface area contributed by atoms with Crippen LogP contribution >= 0.6 is 0 Å². The van der Waals surface area contributed by atoms with E-state index in [1.54, 1.807) is 36.4 Å². The molecule has 4 nitrogen and oxygen atoms in total. The second-order valence-corrected chi connectivity index (χ2v) is 22.1. The molecule has 1 radical (unpaired) electrons. The molecule has 8 aromatic rings. The van der Waals surface area contributed by atoms with E-state index in [4.69, 9.17) is 22.2 Å². The van der Waals surface area contributed by atoms with E-state index in [0.29, 0.717) is 51.6 Å². The van der Waals surface area contributed by atoms with Crippen LogP contribution < -0.4 is 0 Å². The summed E-state index contributed by atoms with van der Waals surface area (Å²) in [6.45, 7) is 10.2. The normalized spacial score (nSPS) is 20.5. The maximum absolute atomic E-state index is 9.22. The molecule has 0 N–H and O–H groups in total. The summed E-state index contributed by atoms with van der Waals surface area (Å²) in [6, 6.07) is 31.6. The van der Waals surface area contributed by atoms with Crippen LogP contribution in [0.1, 0.15) is 182 Å². The molecule has 2 aliphatic rings. The van der Waals surface area contributed by atoms with Gasteiger partial charge in [0.2, 0.25) is 5.71 Å².